The number of halogens is 1. The van der Waals surface area contributed by atoms with Crippen LogP contribution in [0.5, 0.6) is 0 Å². The van der Waals surface area contributed by atoms with Crippen LogP contribution in [0.1, 0.15) is 29.2 Å². The second-order valence-corrected chi connectivity index (χ2v) is 5.16. The third kappa shape index (κ3) is 4.06. The first-order chi connectivity index (χ1) is 10.0. The average molecular weight is 321 g/mol. The summed E-state index contributed by atoms with van der Waals surface area (Å²) in [5.41, 5.74) is 11.4. The summed E-state index contributed by atoms with van der Waals surface area (Å²) in [5, 5.41) is 0. The molecule has 0 aliphatic carbocycles. The average Bonchev–Trinajstić information content (AvgIpc) is 2.47. The Labute approximate surface area is 137 Å². The first-order valence-corrected chi connectivity index (χ1v) is 6.87. The highest BCUT2D eigenvalue weighted by atomic mass is 35.5. The molecular formula is C17H21ClN2O2. The summed E-state index contributed by atoms with van der Waals surface area (Å²) >= 11 is 0. The van der Waals surface area contributed by atoms with Crippen molar-refractivity contribution in [3.8, 4) is 11.1 Å². The molecule has 0 saturated heterocycles. The van der Waals surface area contributed by atoms with Gasteiger partial charge < -0.3 is 10.5 Å². The number of rotatable bonds is 4. The Morgan fingerprint density at radius 3 is 2.50 bits per heavy atom. The van der Waals surface area contributed by atoms with Gasteiger partial charge in [-0.25, -0.2) is 0 Å². The van der Waals surface area contributed by atoms with Crippen LogP contribution in [-0.4, -0.2) is 18.1 Å². The molecule has 22 heavy (non-hydrogen) atoms. The van der Waals surface area contributed by atoms with E-state index in [2.05, 4.69) is 35.7 Å². The number of nitrogens with zero attached hydrogens (tertiary/aromatic N) is 1. The summed E-state index contributed by atoms with van der Waals surface area (Å²) < 4.78 is 4.66. The van der Waals surface area contributed by atoms with Gasteiger partial charge >= 0.3 is 5.97 Å². The molecule has 0 saturated carbocycles. The Bertz CT molecular complexity index is 639. The number of benzene rings is 1. The molecule has 1 aromatic carbocycles. The van der Waals surface area contributed by atoms with Crippen LogP contribution in [0.3, 0.4) is 0 Å². The van der Waals surface area contributed by atoms with Gasteiger partial charge in [-0.15, -0.1) is 12.4 Å². The molecule has 1 heterocycles. The monoisotopic (exact) mass is 320 g/mol. The van der Waals surface area contributed by atoms with Gasteiger partial charge in [-0.05, 0) is 42.2 Å². The molecule has 1 unspecified atom stereocenters. The molecule has 2 N–H and O–H groups in total. The van der Waals surface area contributed by atoms with Crippen molar-refractivity contribution in [2.75, 3.05) is 7.11 Å². The minimum Gasteiger partial charge on any atom is -0.469 e. The van der Waals surface area contributed by atoms with Gasteiger partial charge in [-0.2, -0.15) is 0 Å². The number of carbonyl (C=O) groups is 1. The lowest BCUT2D eigenvalue weighted by Gasteiger charge is -2.14. The minimum atomic E-state index is -0.408. The molecule has 0 radical (unpaired) electrons. The first kappa shape index (κ1) is 18.1. The number of hydrogen-bond donors (Lipinski definition) is 1. The zero-order valence-electron chi connectivity index (χ0n) is 13.0. The van der Waals surface area contributed by atoms with Crippen LogP contribution in [0.2, 0.25) is 0 Å². The summed E-state index contributed by atoms with van der Waals surface area (Å²) in [7, 11) is 1.36. The maximum atomic E-state index is 11.3. The van der Waals surface area contributed by atoms with E-state index in [-0.39, 0.29) is 24.8 Å². The molecule has 0 aliphatic rings. The van der Waals surface area contributed by atoms with Gasteiger partial charge in [-0.3, -0.25) is 9.78 Å². The van der Waals surface area contributed by atoms with Crippen LogP contribution in [0.15, 0.2) is 36.7 Å². The van der Waals surface area contributed by atoms with Crippen LogP contribution in [-0.2, 0) is 9.53 Å². The van der Waals surface area contributed by atoms with Crippen LogP contribution in [0.4, 0.5) is 0 Å². The molecule has 0 spiro atoms. The Hall–Kier alpha value is -1.91. The topological polar surface area (TPSA) is 65.2 Å². The smallest absolute Gasteiger partial charge is 0.307 e. The van der Waals surface area contributed by atoms with Crippen molar-refractivity contribution in [2.45, 2.75) is 26.3 Å². The highest BCUT2D eigenvalue weighted by Crippen LogP contribution is 2.28. The zero-order chi connectivity index (χ0) is 15.4. The Morgan fingerprint density at radius 2 is 1.91 bits per heavy atom. The number of esters is 1. The van der Waals surface area contributed by atoms with E-state index >= 15 is 0 Å². The Kier molecular flexibility index (Phi) is 6.53. The summed E-state index contributed by atoms with van der Waals surface area (Å²) in [6.07, 6.45) is 3.67. The fraction of sp³-hybridized carbons (Fsp3) is 0.294. The quantitative estimate of drug-likeness (QED) is 0.877. The summed E-state index contributed by atoms with van der Waals surface area (Å²) in [4.78, 5) is 15.6. The van der Waals surface area contributed by atoms with Gasteiger partial charge in [0.15, 0.2) is 0 Å². The summed E-state index contributed by atoms with van der Waals surface area (Å²) in [6, 6.07) is 7.77. The van der Waals surface area contributed by atoms with Gasteiger partial charge in [0, 0.05) is 24.0 Å². The lowest BCUT2D eigenvalue weighted by molar-refractivity contribution is -0.141. The molecule has 0 aliphatic heterocycles. The molecule has 0 fully saturated rings. The molecule has 5 heteroatoms. The standard InChI is InChI=1S/C17H20N2O2.ClH/c1-11-5-4-6-12(2)17(11)14-7-13(9-19-10-14)15(18)8-16(20)21-3;/h4-7,9-10,15H,8,18H2,1-3H3;1H. The van der Waals surface area contributed by atoms with E-state index < -0.39 is 6.04 Å². The fourth-order valence-electron chi connectivity index (χ4n) is 2.45. The van der Waals surface area contributed by atoms with Crippen molar-refractivity contribution in [1.29, 1.82) is 0 Å². The van der Waals surface area contributed by atoms with Crippen molar-refractivity contribution in [1.82, 2.24) is 4.98 Å². The van der Waals surface area contributed by atoms with E-state index in [1.807, 2.05) is 18.3 Å². The van der Waals surface area contributed by atoms with Crippen molar-refractivity contribution < 1.29 is 9.53 Å². The molecule has 2 aromatic rings. The number of hydrogen-bond acceptors (Lipinski definition) is 4. The lowest BCUT2D eigenvalue weighted by atomic mass is 9.95. The number of methoxy groups -OCH3 is 1. The third-order valence-corrected chi connectivity index (χ3v) is 3.57. The van der Waals surface area contributed by atoms with Crippen LogP contribution in [0.25, 0.3) is 11.1 Å². The molecule has 0 bridgehead atoms. The van der Waals surface area contributed by atoms with Gasteiger partial charge in [0.05, 0.1) is 13.5 Å². The third-order valence-electron chi connectivity index (χ3n) is 3.57. The zero-order valence-corrected chi connectivity index (χ0v) is 13.8. The van der Waals surface area contributed by atoms with Gasteiger partial charge in [0.2, 0.25) is 0 Å². The minimum absolute atomic E-state index is 0. The van der Waals surface area contributed by atoms with E-state index in [1.165, 1.54) is 18.2 Å². The second kappa shape index (κ2) is 7.92. The van der Waals surface area contributed by atoms with E-state index in [1.54, 1.807) is 6.20 Å². The van der Waals surface area contributed by atoms with E-state index in [0.717, 1.165) is 16.7 Å². The first-order valence-electron chi connectivity index (χ1n) is 6.87. The molecule has 4 nitrogen and oxygen atoms in total. The molecule has 1 atom stereocenters. The second-order valence-electron chi connectivity index (χ2n) is 5.16. The molecular weight excluding hydrogens is 300 g/mol. The number of ether oxygens (including phenoxy) is 1. The number of nitrogens with two attached hydrogens (primary N) is 1. The highest BCUT2D eigenvalue weighted by Gasteiger charge is 2.14. The number of aromatic nitrogens is 1. The summed E-state index contributed by atoms with van der Waals surface area (Å²) in [6.45, 7) is 4.15. The largest absolute Gasteiger partial charge is 0.469 e. The van der Waals surface area contributed by atoms with Crippen LogP contribution in [0, 0.1) is 13.8 Å². The molecule has 1 aromatic heterocycles. The summed E-state index contributed by atoms with van der Waals surface area (Å²) in [5.74, 6) is -0.319. The maximum Gasteiger partial charge on any atom is 0.307 e. The molecule has 0 amide bonds. The predicted octanol–water partition coefficient (Wildman–Crippen LogP) is 3.35. The lowest BCUT2D eigenvalue weighted by Crippen LogP contribution is -2.16. The molecule has 118 valence electrons. The van der Waals surface area contributed by atoms with Gasteiger partial charge in [-0.1, -0.05) is 18.2 Å². The fourth-order valence-corrected chi connectivity index (χ4v) is 2.45. The van der Waals surface area contributed by atoms with Gasteiger partial charge in [0.1, 0.15) is 0 Å². The van der Waals surface area contributed by atoms with Crippen molar-refractivity contribution >= 4 is 18.4 Å². The van der Waals surface area contributed by atoms with Crippen LogP contribution < -0.4 is 5.73 Å². The SMILES string of the molecule is COC(=O)CC(N)c1cncc(-c2c(C)cccc2C)c1.Cl. The van der Waals surface area contributed by atoms with Crippen molar-refractivity contribution in [2.24, 2.45) is 5.73 Å². The van der Waals surface area contributed by atoms with Gasteiger partial charge in [0.25, 0.3) is 0 Å². The van der Waals surface area contributed by atoms with Crippen molar-refractivity contribution in [3.05, 3.63) is 53.3 Å². The van der Waals surface area contributed by atoms with E-state index in [4.69, 9.17) is 5.73 Å². The predicted molar refractivity (Wildman–Crippen MR) is 90.0 cm³/mol. The Balaban J connectivity index is 0.00000242. The highest BCUT2D eigenvalue weighted by molar-refractivity contribution is 5.85. The van der Waals surface area contributed by atoms with Crippen LogP contribution >= 0.6 is 12.4 Å². The molecule has 2 rings (SSSR count). The normalized spacial score (nSPS) is 11.5. The maximum absolute atomic E-state index is 11.3. The number of pyridine rings is 1. The number of carbonyl (C=O) groups excluding carboxylic acids is 1. The number of aryl methyl sites for hydroxylation is 2. The Morgan fingerprint density at radius 1 is 1.27 bits per heavy atom. The van der Waals surface area contributed by atoms with E-state index in [0.29, 0.717) is 0 Å². The van der Waals surface area contributed by atoms with E-state index in [9.17, 15) is 4.79 Å². The van der Waals surface area contributed by atoms with Crippen molar-refractivity contribution in [3.63, 3.8) is 0 Å².